The molecule has 2 amide bonds. The Hall–Kier alpha value is -1.75. The van der Waals surface area contributed by atoms with Gasteiger partial charge < -0.3 is 20.5 Å². The first-order valence-corrected chi connectivity index (χ1v) is 7.39. The van der Waals surface area contributed by atoms with Gasteiger partial charge in [-0.2, -0.15) is 0 Å². The highest BCUT2D eigenvalue weighted by atomic mass is 16.5. The van der Waals surface area contributed by atoms with E-state index < -0.39 is 0 Å². The number of benzene rings is 1. The standard InChI is InChI=1S/C16H26N2O3/c1-12(2)21-15-6-4-14(5-7-15)11-18-16(20)17-10-13(3)8-9-19/h4-7,12-13,19H,8-11H2,1-3H3,(H2,17,18,20). The van der Waals surface area contributed by atoms with E-state index in [0.29, 0.717) is 19.5 Å². The van der Waals surface area contributed by atoms with Crippen LogP contribution in [-0.4, -0.2) is 30.4 Å². The molecule has 5 nitrogen and oxygen atoms in total. The van der Waals surface area contributed by atoms with Gasteiger partial charge in [0.05, 0.1) is 6.10 Å². The molecule has 1 aromatic rings. The van der Waals surface area contributed by atoms with Crippen LogP contribution in [0, 0.1) is 5.92 Å². The maximum absolute atomic E-state index is 11.6. The summed E-state index contributed by atoms with van der Waals surface area (Å²) in [4.78, 5) is 11.6. The lowest BCUT2D eigenvalue weighted by molar-refractivity contribution is 0.233. The van der Waals surface area contributed by atoms with Crippen molar-refractivity contribution in [3.63, 3.8) is 0 Å². The number of aliphatic hydroxyl groups is 1. The second-order valence-electron chi connectivity index (χ2n) is 5.49. The minimum atomic E-state index is -0.192. The molecule has 1 atom stereocenters. The van der Waals surface area contributed by atoms with E-state index >= 15 is 0 Å². The van der Waals surface area contributed by atoms with E-state index in [1.807, 2.05) is 45.0 Å². The summed E-state index contributed by atoms with van der Waals surface area (Å²) in [5.41, 5.74) is 1.02. The Labute approximate surface area is 126 Å². The summed E-state index contributed by atoms with van der Waals surface area (Å²) in [7, 11) is 0. The molecule has 0 bridgehead atoms. The number of nitrogens with one attached hydrogen (secondary N) is 2. The lowest BCUT2D eigenvalue weighted by Gasteiger charge is -2.13. The molecule has 0 fully saturated rings. The summed E-state index contributed by atoms with van der Waals surface area (Å²) >= 11 is 0. The van der Waals surface area contributed by atoms with Crippen molar-refractivity contribution in [2.45, 2.75) is 39.8 Å². The Bertz CT molecular complexity index is 418. The van der Waals surface area contributed by atoms with Crippen molar-refractivity contribution < 1.29 is 14.6 Å². The first-order chi connectivity index (χ1) is 10.0. The number of amides is 2. The predicted molar refractivity (Wildman–Crippen MR) is 83.3 cm³/mol. The minimum absolute atomic E-state index is 0.148. The highest BCUT2D eigenvalue weighted by molar-refractivity contribution is 5.73. The van der Waals surface area contributed by atoms with Crippen molar-refractivity contribution >= 4 is 6.03 Å². The normalized spacial score (nSPS) is 12.0. The van der Waals surface area contributed by atoms with Gasteiger partial charge in [0.25, 0.3) is 0 Å². The summed E-state index contributed by atoms with van der Waals surface area (Å²) in [6.07, 6.45) is 0.845. The van der Waals surface area contributed by atoms with Crippen LogP contribution in [0.4, 0.5) is 4.79 Å². The van der Waals surface area contributed by atoms with E-state index in [4.69, 9.17) is 9.84 Å². The van der Waals surface area contributed by atoms with Gasteiger partial charge in [-0.15, -0.1) is 0 Å². The lowest BCUT2D eigenvalue weighted by Crippen LogP contribution is -2.37. The first-order valence-electron chi connectivity index (χ1n) is 7.39. The molecule has 0 aliphatic carbocycles. The number of hydrogen-bond acceptors (Lipinski definition) is 3. The smallest absolute Gasteiger partial charge is 0.315 e. The first kappa shape index (κ1) is 17.3. The Morgan fingerprint density at radius 1 is 1.19 bits per heavy atom. The fourth-order valence-electron chi connectivity index (χ4n) is 1.79. The van der Waals surface area contributed by atoms with Gasteiger partial charge in [-0.1, -0.05) is 19.1 Å². The largest absolute Gasteiger partial charge is 0.491 e. The molecule has 0 aliphatic heterocycles. The molecule has 0 radical (unpaired) electrons. The molecule has 1 aromatic carbocycles. The molecule has 1 rings (SSSR count). The summed E-state index contributed by atoms with van der Waals surface area (Å²) in [5, 5.41) is 14.4. The highest BCUT2D eigenvalue weighted by Crippen LogP contribution is 2.13. The third-order valence-electron chi connectivity index (χ3n) is 2.98. The van der Waals surface area contributed by atoms with Crippen LogP contribution in [0.25, 0.3) is 0 Å². The Balaban J connectivity index is 2.29. The average Bonchev–Trinajstić information content (AvgIpc) is 2.44. The van der Waals surface area contributed by atoms with Gasteiger partial charge in [-0.25, -0.2) is 4.79 Å². The number of rotatable bonds is 8. The molecule has 5 heteroatoms. The molecule has 0 saturated heterocycles. The maximum atomic E-state index is 11.6. The number of hydrogen-bond donors (Lipinski definition) is 3. The Morgan fingerprint density at radius 2 is 1.86 bits per heavy atom. The molecular weight excluding hydrogens is 268 g/mol. The summed E-state index contributed by atoms with van der Waals surface area (Å²) in [5.74, 6) is 1.10. The van der Waals surface area contributed by atoms with Gasteiger partial charge in [0, 0.05) is 19.7 Å². The molecule has 118 valence electrons. The number of aliphatic hydroxyl groups excluding tert-OH is 1. The van der Waals surface area contributed by atoms with Crippen molar-refractivity contribution in [1.29, 1.82) is 0 Å². The van der Waals surface area contributed by atoms with Gasteiger partial charge in [-0.3, -0.25) is 0 Å². The van der Waals surface area contributed by atoms with Crippen LogP contribution in [0.3, 0.4) is 0 Å². The van der Waals surface area contributed by atoms with Crippen LogP contribution in [0.5, 0.6) is 5.75 Å². The Morgan fingerprint density at radius 3 is 2.43 bits per heavy atom. The van der Waals surface area contributed by atoms with E-state index in [9.17, 15) is 4.79 Å². The van der Waals surface area contributed by atoms with Gasteiger partial charge >= 0.3 is 6.03 Å². The van der Waals surface area contributed by atoms with E-state index in [0.717, 1.165) is 11.3 Å². The summed E-state index contributed by atoms with van der Waals surface area (Å²) < 4.78 is 5.56. The quantitative estimate of drug-likeness (QED) is 0.689. The fraction of sp³-hybridized carbons (Fsp3) is 0.562. The van der Waals surface area contributed by atoms with Crippen LogP contribution in [0.2, 0.25) is 0 Å². The van der Waals surface area contributed by atoms with Gasteiger partial charge in [0.15, 0.2) is 0 Å². The molecule has 0 aliphatic rings. The van der Waals surface area contributed by atoms with Crippen molar-refractivity contribution in [2.75, 3.05) is 13.2 Å². The average molecular weight is 294 g/mol. The third kappa shape index (κ3) is 7.56. The number of carbonyl (C=O) groups excluding carboxylic acids is 1. The Kier molecular flexibility index (Phi) is 7.61. The van der Waals surface area contributed by atoms with E-state index in [1.165, 1.54) is 0 Å². The second-order valence-corrected chi connectivity index (χ2v) is 5.49. The molecule has 3 N–H and O–H groups in total. The van der Waals surface area contributed by atoms with Gasteiger partial charge in [-0.05, 0) is 43.9 Å². The van der Waals surface area contributed by atoms with Crippen molar-refractivity contribution in [3.05, 3.63) is 29.8 Å². The van der Waals surface area contributed by atoms with E-state index in [1.54, 1.807) is 0 Å². The number of urea groups is 1. The molecule has 0 spiro atoms. The molecular formula is C16H26N2O3. The molecule has 0 heterocycles. The van der Waals surface area contributed by atoms with Crippen LogP contribution in [-0.2, 0) is 6.54 Å². The number of ether oxygens (including phenoxy) is 1. The number of carbonyl (C=O) groups is 1. The summed E-state index contributed by atoms with van der Waals surface area (Å²) in [6.45, 7) is 7.14. The fourth-order valence-corrected chi connectivity index (χ4v) is 1.79. The molecule has 0 saturated carbocycles. The van der Waals surface area contributed by atoms with Crippen molar-refractivity contribution in [2.24, 2.45) is 5.92 Å². The predicted octanol–water partition coefficient (Wildman–Crippen LogP) is 2.29. The maximum Gasteiger partial charge on any atom is 0.315 e. The zero-order chi connectivity index (χ0) is 15.7. The van der Waals surface area contributed by atoms with Gasteiger partial charge in [0.2, 0.25) is 0 Å². The van der Waals surface area contributed by atoms with Crippen molar-refractivity contribution in [3.8, 4) is 5.75 Å². The zero-order valence-corrected chi connectivity index (χ0v) is 13.1. The van der Waals surface area contributed by atoms with E-state index in [2.05, 4.69) is 10.6 Å². The monoisotopic (exact) mass is 294 g/mol. The molecule has 21 heavy (non-hydrogen) atoms. The minimum Gasteiger partial charge on any atom is -0.491 e. The highest BCUT2D eigenvalue weighted by Gasteiger charge is 2.05. The van der Waals surface area contributed by atoms with Crippen LogP contribution in [0.1, 0.15) is 32.8 Å². The summed E-state index contributed by atoms with van der Waals surface area (Å²) in [6, 6.07) is 7.48. The molecule has 1 unspecified atom stereocenters. The zero-order valence-electron chi connectivity index (χ0n) is 13.1. The van der Waals surface area contributed by atoms with Gasteiger partial charge in [0.1, 0.15) is 5.75 Å². The van der Waals surface area contributed by atoms with Crippen LogP contribution < -0.4 is 15.4 Å². The van der Waals surface area contributed by atoms with Crippen LogP contribution >= 0.6 is 0 Å². The van der Waals surface area contributed by atoms with Crippen molar-refractivity contribution in [1.82, 2.24) is 10.6 Å². The topological polar surface area (TPSA) is 70.6 Å². The lowest BCUT2D eigenvalue weighted by atomic mass is 10.1. The second kappa shape index (κ2) is 9.23. The third-order valence-corrected chi connectivity index (χ3v) is 2.98. The SMILES string of the molecule is CC(CCO)CNC(=O)NCc1ccc(OC(C)C)cc1. The van der Waals surface area contributed by atoms with Crippen LogP contribution in [0.15, 0.2) is 24.3 Å². The van der Waals surface area contributed by atoms with E-state index in [-0.39, 0.29) is 24.7 Å². The molecule has 0 aromatic heterocycles.